The van der Waals surface area contributed by atoms with Crippen molar-refractivity contribution in [3.8, 4) is 17.9 Å². The Bertz CT molecular complexity index is 784. The zero-order valence-electron chi connectivity index (χ0n) is 17.4. The molecule has 1 aromatic carbocycles. The summed E-state index contributed by atoms with van der Waals surface area (Å²) in [5.41, 5.74) is 0.183. The SMILES string of the molecule is CCCC1CCC(C=CC#CC2CCC(c3cc(F)c(C#N)c(F)c3)CC2)CC1. The van der Waals surface area contributed by atoms with E-state index in [-0.39, 0.29) is 5.92 Å². The van der Waals surface area contributed by atoms with E-state index in [1.54, 1.807) is 6.07 Å². The summed E-state index contributed by atoms with van der Waals surface area (Å²) < 4.78 is 27.7. The first-order valence-corrected chi connectivity index (χ1v) is 11.2. The molecule has 2 aliphatic carbocycles. The van der Waals surface area contributed by atoms with Crippen molar-refractivity contribution in [1.29, 1.82) is 5.26 Å². The predicted molar refractivity (Wildman–Crippen MR) is 113 cm³/mol. The van der Waals surface area contributed by atoms with Crippen LogP contribution >= 0.6 is 0 Å². The average molecular weight is 396 g/mol. The number of nitriles is 1. The largest absolute Gasteiger partial charge is 0.205 e. The van der Waals surface area contributed by atoms with Gasteiger partial charge in [-0.25, -0.2) is 8.78 Å². The van der Waals surface area contributed by atoms with E-state index in [1.807, 2.05) is 6.08 Å². The first kappa shape index (κ1) is 21.6. The number of halogens is 2. The molecular formula is C26H31F2N. The van der Waals surface area contributed by atoms with Gasteiger partial charge in [-0.05, 0) is 92.9 Å². The molecule has 1 nitrogen and oxygen atoms in total. The molecule has 0 aliphatic heterocycles. The molecule has 0 atom stereocenters. The van der Waals surface area contributed by atoms with Crippen molar-refractivity contribution >= 4 is 0 Å². The van der Waals surface area contributed by atoms with Crippen LogP contribution in [0, 0.1) is 52.6 Å². The molecule has 0 aromatic heterocycles. The summed E-state index contributed by atoms with van der Waals surface area (Å²) in [5.74, 6) is 7.25. The van der Waals surface area contributed by atoms with Crippen molar-refractivity contribution in [2.24, 2.45) is 17.8 Å². The minimum Gasteiger partial charge on any atom is -0.205 e. The maximum atomic E-state index is 13.9. The van der Waals surface area contributed by atoms with Crippen molar-refractivity contribution in [2.75, 3.05) is 0 Å². The van der Waals surface area contributed by atoms with Gasteiger partial charge in [0.25, 0.3) is 0 Å². The summed E-state index contributed by atoms with van der Waals surface area (Å²) in [5, 5.41) is 8.80. The molecule has 1 aromatic rings. The van der Waals surface area contributed by atoms with Gasteiger partial charge in [0, 0.05) is 5.92 Å². The van der Waals surface area contributed by atoms with Gasteiger partial charge in [-0.1, -0.05) is 37.7 Å². The van der Waals surface area contributed by atoms with Gasteiger partial charge in [0.15, 0.2) is 0 Å². The van der Waals surface area contributed by atoms with Gasteiger partial charge in [-0.3, -0.25) is 0 Å². The van der Waals surface area contributed by atoms with Gasteiger partial charge >= 0.3 is 0 Å². The number of rotatable bonds is 4. The maximum Gasteiger partial charge on any atom is 0.144 e. The molecule has 3 heteroatoms. The normalized spacial score (nSPS) is 27.2. The van der Waals surface area contributed by atoms with Gasteiger partial charge in [-0.2, -0.15) is 5.26 Å². The third-order valence-electron chi connectivity index (χ3n) is 6.70. The monoisotopic (exact) mass is 395 g/mol. The molecular weight excluding hydrogens is 364 g/mol. The molecule has 0 amide bonds. The van der Waals surface area contributed by atoms with E-state index >= 15 is 0 Å². The van der Waals surface area contributed by atoms with Crippen LogP contribution in [0.5, 0.6) is 0 Å². The summed E-state index contributed by atoms with van der Waals surface area (Å²) in [7, 11) is 0. The zero-order valence-corrected chi connectivity index (χ0v) is 17.4. The lowest BCUT2D eigenvalue weighted by Crippen LogP contribution is -2.13. The number of benzene rings is 1. The molecule has 0 N–H and O–H groups in total. The second-order valence-corrected chi connectivity index (χ2v) is 8.74. The number of hydrogen-bond donors (Lipinski definition) is 0. The second-order valence-electron chi connectivity index (χ2n) is 8.74. The van der Waals surface area contributed by atoms with E-state index in [1.165, 1.54) is 50.7 Å². The van der Waals surface area contributed by atoms with E-state index in [2.05, 4.69) is 24.8 Å². The molecule has 0 saturated heterocycles. The molecule has 0 bridgehead atoms. The Morgan fingerprint density at radius 3 is 2.24 bits per heavy atom. The molecule has 29 heavy (non-hydrogen) atoms. The first-order chi connectivity index (χ1) is 14.1. The lowest BCUT2D eigenvalue weighted by molar-refractivity contribution is 0.294. The van der Waals surface area contributed by atoms with Crippen LogP contribution in [-0.4, -0.2) is 0 Å². The third-order valence-corrected chi connectivity index (χ3v) is 6.70. The lowest BCUT2D eigenvalue weighted by Gasteiger charge is -2.26. The van der Waals surface area contributed by atoms with Gasteiger partial charge in [0.2, 0.25) is 0 Å². The van der Waals surface area contributed by atoms with Crippen LogP contribution in [0.15, 0.2) is 24.3 Å². The Kier molecular flexibility index (Phi) is 7.88. The second kappa shape index (κ2) is 10.6. The number of nitrogens with zero attached hydrogens (tertiary/aromatic N) is 1. The Morgan fingerprint density at radius 2 is 1.66 bits per heavy atom. The molecule has 0 radical (unpaired) electrons. The van der Waals surface area contributed by atoms with E-state index in [9.17, 15) is 8.78 Å². The van der Waals surface area contributed by atoms with Crippen LogP contribution in [0.1, 0.15) is 88.2 Å². The minimum absolute atomic E-state index is 0.152. The van der Waals surface area contributed by atoms with Gasteiger partial charge in [0.1, 0.15) is 23.3 Å². The van der Waals surface area contributed by atoms with E-state index in [0.29, 0.717) is 17.4 Å². The van der Waals surface area contributed by atoms with Crippen molar-refractivity contribution in [2.45, 2.75) is 77.0 Å². The fourth-order valence-corrected chi connectivity index (χ4v) is 4.93. The molecule has 0 heterocycles. The Hall–Kier alpha value is -2.13. The Labute approximate surface area is 174 Å². The zero-order chi connectivity index (χ0) is 20.6. The smallest absolute Gasteiger partial charge is 0.144 e. The fourth-order valence-electron chi connectivity index (χ4n) is 4.93. The van der Waals surface area contributed by atoms with Gasteiger partial charge in [0.05, 0.1) is 0 Å². The maximum absolute atomic E-state index is 13.9. The summed E-state index contributed by atoms with van der Waals surface area (Å²) in [6.45, 7) is 2.27. The highest BCUT2D eigenvalue weighted by molar-refractivity contribution is 5.36. The molecule has 0 spiro atoms. The topological polar surface area (TPSA) is 23.8 Å². The molecule has 0 unspecified atom stereocenters. The van der Waals surface area contributed by atoms with Crippen LogP contribution in [0.3, 0.4) is 0 Å². The van der Waals surface area contributed by atoms with Crippen LogP contribution < -0.4 is 0 Å². The van der Waals surface area contributed by atoms with Crippen molar-refractivity contribution in [3.63, 3.8) is 0 Å². The van der Waals surface area contributed by atoms with Crippen molar-refractivity contribution in [1.82, 2.24) is 0 Å². The standard InChI is InChI=1S/C26H31F2N/c1-2-5-19-8-10-20(11-9-19)6-3-4-7-21-12-14-22(15-13-21)23-16-25(27)24(18-29)26(28)17-23/h3,6,16-17,19-22H,2,5,8-15H2,1H3. The van der Waals surface area contributed by atoms with Crippen LogP contribution in [0.2, 0.25) is 0 Å². The predicted octanol–water partition coefficient (Wildman–Crippen LogP) is 7.28. The van der Waals surface area contributed by atoms with Gasteiger partial charge < -0.3 is 0 Å². The fraction of sp³-hybridized carbons (Fsp3) is 0.577. The van der Waals surface area contributed by atoms with Crippen LogP contribution in [0.4, 0.5) is 8.78 Å². The highest BCUT2D eigenvalue weighted by Crippen LogP contribution is 2.36. The van der Waals surface area contributed by atoms with Crippen LogP contribution in [0.25, 0.3) is 0 Å². The number of hydrogen-bond acceptors (Lipinski definition) is 1. The van der Waals surface area contributed by atoms with Crippen molar-refractivity contribution in [3.05, 3.63) is 47.0 Å². The molecule has 2 saturated carbocycles. The van der Waals surface area contributed by atoms with E-state index < -0.39 is 17.2 Å². The summed E-state index contributed by atoms with van der Waals surface area (Å²) in [6, 6.07) is 4.25. The van der Waals surface area contributed by atoms with Crippen molar-refractivity contribution < 1.29 is 8.78 Å². The summed E-state index contributed by atoms with van der Waals surface area (Å²) in [4.78, 5) is 0. The van der Waals surface area contributed by atoms with E-state index in [0.717, 1.165) is 31.6 Å². The number of allylic oxidation sites excluding steroid dienone is 2. The molecule has 3 rings (SSSR count). The average Bonchev–Trinajstić information content (AvgIpc) is 2.73. The first-order valence-electron chi connectivity index (χ1n) is 11.2. The molecule has 2 fully saturated rings. The van der Waals surface area contributed by atoms with Crippen LogP contribution in [-0.2, 0) is 0 Å². The highest BCUT2D eigenvalue weighted by atomic mass is 19.1. The van der Waals surface area contributed by atoms with E-state index in [4.69, 9.17) is 5.26 Å². The third kappa shape index (κ3) is 5.93. The quantitative estimate of drug-likeness (QED) is 0.492. The summed E-state index contributed by atoms with van der Waals surface area (Å²) >= 11 is 0. The highest BCUT2D eigenvalue weighted by Gasteiger charge is 2.23. The Balaban J connectivity index is 1.46. The van der Waals surface area contributed by atoms with Gasteiger partial charge in [-0.15, -0.1) is 0 Å². The summed E-state index contributed by atoms with van der Waals surface area (Å²) in [6.07, 6.45) is 16.0. The molecule has 2 aliphatic rings. The minimum atomic E-state index is -0.752. The molecule has 154 valence electrons. The lowest BCUT2D eigenvalue weighted by atomic mass is 9.78. The Morgan fingerprint density at radius 1 is 1.00 bits per heavy atom.